The summed E-state index contributed by atoms with van der Waals surface area (Å²) in [7, 11) is 0. The molecule has 1 atom stereocenters. The molecular formula is C14H14F2N2. The van der Waals surface area contributed by atoms with E-state index in [1.165, 1.54) is 6.07 Å². The molecular weight excluding hydrogens is 234 g/mol. The maximum absolute atomic E-state index is 13.2. The van der Waals surface area contributed by atoms with Crippen LogP contribution < -0.4 is 11.3 Å². The molecule has 0 bridgehead atoms. The normalized spacial score (nSPS) is 12.4. The molecule has 4 heteroatoms. The number of hydrogen-bond donors (Lipinski definition) is 2. The van der Waals surface area contributed by atoms with Gasteiger partial charge in [0, 0.05) is 0 Å². The Labute approximate surface area is 104 Å². The molecule has 0 aliphatic rings. The molecule has 0 saturated heterocycles. The first-order valence-electron chi connectivity index (χ1n) is 5.59. The number of hydrogen-bond acceptors (Lipinski definition) is 2. The molecule has 0 aromatic heterocycles. The number of hydrazine groups is 1. The van der Waals surface area contributed by atoms with E-state index in [9.17, 15) is 8.78 Å². The van der Waals surface area contributed by atoms with E-state index in [1.54, 1.807) is 0 Å². The summed E-state index contributed by atoms with van der Waals surface area (Å²) in [6, 6.07) is 11.1. The maximum Gasteiger partial charge on any atom is 0.159 e. The Kier molecular flexibility index (Phi) is 3.69. The molecule has 18 heavy (non-hydrogen) atoms. The summed E-state index contributed by atoms with van der Waals surface area (Å²) >= 11 is 0. The third kappa shape index (κ3) is 2.55. The van der Waals surface area contributed by atoms with Crippen LogP contribution in [0.5, 0.6) is 0 Å². The van der Waals surface area contributed by atoms with Crippen molar-refractivity contribution >= 4 is 0 Å². The molecule has 2 aromatic rings. The average Bonchev–Trinajstić information content (AvgIpc) is 2.37. The van der Waals surface area contributed by atoms with Gasteiger partial charge in [-0.1, -0.05) is 35.9 Å². The van der Waals surface area contributed by atoms with Gasteiger partial charge in [0.15, 0.2) is 11.6 Å². The summed E-state index contributed by atoms with van der Waals surface area (Å²) < 4.78 is 26.1. The van der Waals surface area contributed by atoms with Gasteiger partial charge in [-0.15, -0.1) is 0 Å². The predicted molar refractivity (Wildman–Crippen MR) is 66.7 cm³/mol. The molecule has 0 heterocycles. The second-order valence-electron chi connectivity index (χ2n) is 4.18. The first-order chi connectivity index (χ1) is 8.61. The Morgan fingerprint density at radius 3 is 2.11 bits per heavy atom. The first kappa shape index (κ1) is 12.7. The van der Waals surface area contributed by atoms with Crippen molar-refractivity contribution in [2.75, 3.05) is 0 Å². The van der Waals surface area contributed by atoms with Crippen LogP contribution in [0.15, 0.2) is 42.5 Å². The van der Waals surface area contributed by atoms with Gasteiger partial charge in [0.25, 0.3) is 0 Å². The molecule has 0 aliphatic heterocycles. The molecule has 0 saturated carbocycles. The Bertz CT molecular complexity index is 538. The van der Waals surface area contributed by atoms with Gasteiger partial charge < -0.3 is 0 Å². The van der Waals surface area contributed by atoms with E-state index in [0.29, 0.717) is 5.56 Å². The fourth-order valence-corrected chi connectivity index (χ4v) is 1.84. The van der Waals surface area contributed by atoms with E-state index in [1.807, 2.05) is 31.2 Å². The highest BCUT2D eigenvalue weighted by atomic mass is 19.2. The first-order valence-corrected chi connectivity index (χ1v) is 5.59. The van der Waals surface area contributed by atoms with Gasteiger partial charge in [0.2, 0.25) is 0 Å². The lowest BCUT2D eigenvalue weighted by Crippen LogP contribution is -2.28. The SMILES string of the molecule is Cc1ccc(C(NN)c2ccc(F)c(F)c2)cc1. The number of nitrogens with one attached hydrogen (secondary N) is 1. The second kappa shape index (κ2) is 5.25. The molecule has 0 aliphatic carbocycles. The van der Waals surface area contributed by atoms with E-state index >= 15 is 0 Å². The van der Waals surface area contributed by atoms with Crippen LogP contribution in [0.25, 0.3) is 0 Å². The van der Waals surface area contributed by atoms with Gasteiger partial charge >= 0.3 is 0 Å². The number of rotatable bonds is 3. The Morgan fingerprint density at radius 1 is 0.944 bits per heavy atom. The molecule has 3 N–H and O–H groups in total. The minimum absolute atomic E-state index is 0.360. The van der Waals surface area contributed by atoms with Crippen LogP contribution in [0.2, 0.25) is 0 Å². The summed E-state index contributed by atoms with van der Waals surface area (Å²) in [6.45, 7) is 1.98. The summed E-state index contributed by atoms with van der Waals surface area (Å²) in [5.41, 5.74) is 5.22. The van der Waals surface area contributed by atoms with Gasteiger partial charge in [0.1, 0.15) is 0 Å². The van der Waals surface area contributed by atoms with Crippen LogP contribution in [-0.2, 0) is 0 Å². The lowest BCUT2D eigenvalue weighted by atomic mass is 9.98. The maximum atomic E-state index is 13.2. The van der Waals surface area contributed by atoms with Crippen molar-refractivity contribution in [2.45, 2.75) is 13.0 Å². The molecule has 0 fully saturated rings. The van der Waals surface area contributed by atoms with Crippen LogP contribution in [0.4, 0.5) is 8.78 Å². The van der Waals surface area contributed by atoms with Gasteiger partial charge in [-0.3, -0.25) is 5.84 Å². The fraction of sp³-hybridized carbons (Fsp3) is 0.143. The fourth-order valence-electron chi connectivity index (χ4n) is 1.84. The van der Waals surface area contributed by atoms with Crippen LogP contribution in [-0.4, -0.2) is 0 Å². The van der Waals surface area contributed by atoms with E-state index in [-0.39, 0.29) is 6.04 Å². The predicted octanol–water partition coefficient (Wildman–Crippen LogP) is 2.83. The molecule has 0 radical (unpaired) electrons. The van der Waals surface area contributed by atoms with Crippen LogP contribution >= 0.6 is 0 Å². The number of nitrogens with two attached hydrogens (primary N) is 1. The molecule has 2 nitrogen and oxygen atoms in total. The number of aryl methyl sites for hydroxylation is 1. The zero-order chi connectivity index (χ0) is 13.1. The highest BCUT2D eigenvalue weighted by Gasteiger charge is 2.14. The Balaban J connectivity index is 2.38. The highest BCUT2D eigenvalue weighted by Crippen LogP contribution is 2.23. The van der Waals surface area contributed by atoms with Crippen LogP contribution in [0.1, 0.15) is 22.7 Å². The molecule has 0 spiro atoms. The minimum Gasteiger partial charge on any atom is -0.271 e. The minimum atomic E-state index is -0.875. The Morgan fingerprint density at radius 2 is 1.56 bits per heavy atom. The van der Waals surface area contributed by atoms with E-state index in [4.69, 9.17) is 5.84 Å². The van der Waals surface area contributed by atoms with Gasteiger partial charge in [-0.25, -0.2) is 14.2 Å². The third-order valence-electron chi connectivity index (χ3n) is 2.85. The zero-order valence-corrected chi connectivity index (χ0v) is 9.95. The summed E-state index contributed by atoms with van der Waals surface area (Å²) in [4.78, 5) is 0. The summed E-state index contributed by atoms with van der Waals surface area (Å²) in [5.74, 6) is 3.76. The lowest BCUT2D eigenvalue weighted by molar-refractivity contribution is 0.504. The average molecular weight is 248 g/mol. The molecule has 2 aromatic carbocycles. The molecule has 2 rings (SSSR count). The van der Waals surface area contributed by atoms with Gasteiger partial charge in [-0.2, -0.15) is 0 Å². The van der Waals surface area contributed by atoms with E-state index < -0.39 is 11.6 Å². The molecule has 94 valence electrons. The van der Waals surface area contributed by atoms with Crippen molar-refractivity contribution in [3.05, 3.63) is 70.8 Å². The van der Waals surface area contributed by atoms with Crippen molar-refractivity contribution in [2.24, 2.45) is 5.84 Å². The third-order valence-corrected chi connectivity index (χ3v) is 2.85. The largest absolute Gasteiger partial charge is 0.271 e. The molecule has 0 amide bonds. The van der Waals surface area contributed by atoms with Crippen molar-refractivity contribution in [3.63, 3.8) is 0 Å². The van der Waals surface area contributed by atoms with Crippen molar-refractivity contribution in [3.8, 4) is 0 Å². The van der Waals surface area contributed by atoms with Gasteiger partial charge in [0.05, 0.1) is 6.04 Å². The smallest absolute Gasteiger partial charge is 0.159 e. The monoisotopic (exact) mass is 248 g/mol. The second-order valence-corrected chi connectivity index (χ2v) is 4.18. The van der Waals surface area contributed by atoms with E-state index in [0.717, 1.165) is 23.3 Å². The molecule has 1 unspecified atom stereocenters. The van der Waals surface area contributed by atoms with Gasteiger partial charge in [-0.05, 0) is 30.2 Å². The highest BCUT2D eigenvalue weighted by molar-refractivity contribution is 5.33. The number of benzene rings is 2. The Hall–Kier alpha value is -1.78. The summed E-state index contributed by atoms with van der Waals surface area (Å²) in [5, 5.41) is 0. The van der Waals surface area contributed by atoms with Crippen LogP contribution in [0, 0.1) is 18.6 Å². The number of halogens is 2. The van der Waals surface area contributed by atoms with Crippen molar-refractivity contribution < 1.29 is 8.78 Å². The standard InChI is InChI=1S/C14H14F2N2/c1-9-2-4-10(5-3-9)14(18-17)11-6-7-12(15)13(16)8-11/h2-8,14,18H,17H2,1H3. The van der Waals surface area contributed by atoms with Crippen LogP contribution in [0.3, 0.4) is 0 Å². The van der Waals surface area contributed by atoms with E-state index in [2.05, 4.69) is 5.43 Å². The van der Waals surface area contributed by atoms with Crippen molar-refractivity contribution in [1.29, 1.82) is 0 Å². The topological polar surface area (TPSA) is 38.0 Å². The quantitative estimate of drug-likeness (QED) is 0.647. The lowest BCUT2D eigenvalue weighted by Gasteiger charge is -2.17. The summed E-state index contributed by atoms with van der Waals surface area (Å²) in [6.07, 6.45) is 0. The van der Waals surface area contributed by atoms with Crippen molar-refractivity contribution in [1.82, 2.24) is 5.43 Å². The zero-order valence-electron chi connectivity index (χ0n) is 9.95.